The molecule has 2 aliphatic carbocycles. The van der Waals surface area contributed by atoms with Crippen LogP contribution in [0.25, 0.3) is 66.9 Å². The lowest BCUT2D eigenvalue weighted by molar-refractivity contribution is 0.249. The highest BCUT2D eigenvalue weighted by Crippen LogP contribution is 2.66. The Bertz CT molecular complexity index is 2630. The quantitative estimate of drug-likeness (QED) is 0.188. The van der Waals surface area contributed by atoms with Gasteiger partial charge in [0.15, 0.2) is 11.6 Å². The average Bonchev–Trinajstić information content (AvgIpc) is 3.93. The smallest absolute Gasteiger partial charge is 0.237 e. The summed E-state index contributed by atoms with van der Waals surface area (Å²) in [6.45, 7) is 0. The van der Waals surface area contributed by atoms with Crippen LogP contribution in [0.15, 0.2) is 120 Å². The molecule has 0 radical (unpaired) electrons. The maximum Gasteiger partial charge on any atom is 0.237 e. The van der Waals surface area contributed by atoms with Gasteiger partial charge in [0.1, 0.15) is 17.0 Å². The third-order valence-corrected chi connectivity index (χ3v) is 11.6. The summed E-state index contributed by atoms with van der Waals surface area (Å²) >= 11 is 0. The summed E-state index contributed by atoms with van der Waals surface area (Å²) in [6.07, 6.45) is 6.54. The molecule has 8 aromatic rings. The number of para-hydroxylation sites is 1. The lowest BCUT2D eigenvalue weighted by atomic mass is 9.82. The van der Waals surface area contributed by atoms with E-state index in [1.54, 1.807) is 0 Å². The molecule has 11 rings (SSSR count). The minimum absolute atomic E-state index is 0.102. The Morgan fingerprint density at radius 3 is 2.16 bits per heavy atom. The van der Waals surface area contributed by atoms with Gasteiger partial charge in [-0.15, -0.1) is 0 Å². The van der Waals surface area contributed by atoms with Crippen molar-refractivity contribution in [2.75, 3.05) is 4.90 Å². The third kappa shape index (κ3) is 3.68. The molecule has 3 aromatic heterocycles. The van der Waals surface area contributed by atoms with E-state index in [0.717, 1.165) is 99.7 Å². The molecule has 3 aliphatic rings. The molecule has 2 fully saturated rings. The zero-order valence-corrected chi connectivity index (χ0v) is 27.2. The van der Waals surface area contributed by atoms with Gasteiger partial charge in [-0.25, -0.2) is 14.4 Å². The zero-order valence-electron chi connectivity index (χ0n) is 27.2. The van der Waals surface area contributed by atoms with Gasteiger partial charge in [0, 0.05) is 21.9 Å². The van der Waals surface area contributed by atoms with Gasteiger partial charge < -0.3 is 8.98 Å². The summed E-state index contributed by atoms with van der Waals surface area (Å²) in [5.74, 6) is 2.50. The summed E-state index contributed by atoms with van der Waals surface area (Å²) in [6, 6.07) is 37.5. The number of aromatic nitrogens is 5. The Labute approximate surface area is 287 Å². The molecule has 4 heterocycles. The fourth-order valence-electron chi connectivity index (χ4n) is 9.59. The number of fused-ring (bicyclic) bond motifs is 6. The number of benzene rings is 5. The lowest BCUT2D eigenvalue weighted by Crippen LogP contribution is -2.51. The number of nitrogens with zero attached hydrogens (tertiary/aromatic N) is 6. The van der Waals surface area contributed by atoms with Crippen LogP contribution in [0.1, 0.15) is 38.5 Å². The van der Waals surface area contributed by atoms with Gasteiger partial charge >= 0.3 is 0 Å². The van der Waals surface area contributed by atoms with Crippen molar-refractivity contribution in [1.82, 2.24) is 24.5 Å². The van der Waals surface area contributed by atoms with E-state index in [4.69, 9.17) is 24.4 Å². The molecule has 1 aliphatic heterocycles. The van der Waals surface area contributed by atoms with Gasteiger partial charge in [-0.05, 0) is 86.1 Å². The lowest BCUT2D eigenvalue weighted by Gasteiger charge is -2.40. The van der Waals surface area contributed by atoms with Gasteiger partial charge in [0.25, 0.3) is 0 Å². The summed E-state index contributed by atoms with van der Waals surface area (Å²) in [5, 5.41) is 2.03. The largest absolute Gasteiger partial charge is 0.456 e. The second-order valence-electron chi connectivity index (χ2n) is 14.0. The van der Waals surface area contributed by atoms with Crippen LogP contribution in [0.5, 0.6) is 0 Å². The second-order valence-corrected chi connectivity index (χ2v) is 14.0. The van der Waals surface area contributed by atoms with Crippen LogP contribution in [0.2, 0.25) is 0 Å². The second kappa shape index (κ2) is 10.1. The van der Waals surface area contributed by atoms with E-state index in [0.29, 0.717) is 17.6 Å². The number of hydrogen-bond donors (Lipinski definition) is 0. The first-order valence-corrected chi connectivity index (χ1v) is 17.4. The van der Waals surface area contributed by atoms with Crippen molar-refractivity contribution in [2.45, 2.75) is 49.6 Å². The first-order chi connectivity index (χ1) is 24.6. The molecule has 5 aromatic carbocycles. The van der Waals surface area contributed by atoms with Crippen LogP contribution in [0, 0.1) is 5.82 Å². The van der Waals surface area contributed by atoms with Gasteiger partial charge in [-0.2, -0.15) is 9.97 Å². The van der Waals surface area contributed by atoms with E-state index in [9.17, 15) is 4.39 Å². The van der Waals surface area contributed by atoms with Gasteiger partial charge in [0.05, 0.1) is 22.1 Å². The van der Waals surface area contributed by atoms with Crippen molar-refractivity contribution in [3.63, 3.8) is 0 Å². The molecule has 0 spiro atoms. The number of imidazole rings is 1. The van der Waals surface area contributed by atoms with Crippen LogP contribution in [-0.2, 0) is 5.54 Å². The summed E-state index contributed by atoms with van der Waals surface area (Å²) in [5.41, 5.74) is 7.20. The highest BCUT2D eigenvalue weighted by atomic mass is 19.1. The highest BCUT2D eigenvalue weighted by Gasteiger charge is 2.68. The van der Waals surface area contributed by atoms with Crippen LogP contribution in [0.4, 0.5) is 16.3 Å². The Morgan fingerprint density at radius 2 is 1.32 bits per heavy atom. The first-order valence-electron chi connectivity index (χ1n) is 17.4. The van der Waals surface area contributed by atoms with E-state index in [2.05, 4.69) is 51.9 Å². The van der Waals surface area contributed by atoms with Crippen molar-refractivity contribution >= 4 is 44.9 Å². The van der Waals surface area contributed by atoms with Crippen molar-refractivity contribution in [1.29, 1.82) is 0 Å². The summed E-state index contributed by atoms with van der Waals surface area (Å²) < 4.78 is 22.6. The molecule has 0 amide bonds. The minimum atomic E-state index is -0.242. The summed E-state index contributed by atoms with van der Waals surface area (Å²) in [7, 11) is 0. The number of furan rings is 1. The normalized spacial score (nSPS) is 20.9. The molecule has 2 saturated carbocycles. The molecule has 8 heteroatoms. The van der Waals surface area contributed by atoms with Crippen molar-refractivity contribution in [2.24, 2.45) is 0 Å². The molecular weight excluding hydrogens is 624 g/mol. The molecule has 0 bridgehead atoms. The topological polar surface area (TPSA) is 72.9 Å². The SMILES string of the molecule is Fc1ccc(-c2ccc3c(c2)nc2n3C34CCCC3(CCC4)N2c2nc(-c3ccccc3)nc(-c3cccc4oc5ccccc5c34)n2)cc1. The number of rotatable bonds is 4. The Morgan fingerprint density at radius 1 is 0.600 bits per heavy atom. The van der Waals surface area contributed by atoms with E-state index >= 15 is 0 Å². The molecule has 0 N–H and O–H groups in total. The van der Waals surface area contributed by atoms with Crippen LogP contribution < -0.4 is 4.90 Å². The maximum absolute atomic E-state index is 13.8. The number of halogens is 1. The van der Waals surface area contributed by atoms with Crippen molar-refractivity contribution < 1.29 is 8.81 Å². The van der Waals surface area contributed by atoms with E-state index in [-0.39, 0.29) is 16.9 Å². The molecular formula is C42H31FN6O. The average molecular weight is 655 g/mol. The molecule has 0 unspecified atom stereocenters. The summed E-state index contributed by atoms with van der Waals surface area (Å²) in [4.78, 5) is 23.6. The van der Waals surface area contributed by atoms with Crippen molar-refractivity contribution in [3.05, 3.63) is 121 Å². The first kappa shape index (κ1) is 28.0. The van der Waals surface area contributed by atoms with Gasteiger partial charge in [-0.3, -0.25) is 4.90 Å². The maximum atomic E-state index is 13.8. The standard InChI is InChI=1S/C42H31FN6O/c43-29-18-15-26(16-19-29)28-17-20-33-32(25-28)44-40-48(33)41-21-7-23-42(41,24-8-22-41)49(40)39-46-37(27-9-2-1-3-10-27)45-38(47-39)31-12-6-14-35-36(31)30-11-4-5-13-34(30)50-35/h1-6,9-20,25H,7-8,21-24H2. The Balaban J connectivity index is 1.17. The Hall–Kier alpha value is -5.89. The van der Waals surface area contributed by atoms with Crippen molar-refractivity contribution in [3.8, 4) is 33.9 Å². The minimum Gasteiger partial charge on any atom is -0.456 e. The predicted molar refractivity (Wildman–Crippen MR) is 194 cm³/mol. The monoisotopic (exact) mass is 654 g/mol. The third-order valence-electron chi connectivity index (χ3n) is 11.6. The molecule has 0 saturated heterocycles. The van der Waals surface area contributed by atoms with E-state index in [1.807, 2.05) is 60.7 Å². The molecule has 0 atom stereocenters. The molecule has 7 nitrogen and oxygen atoms in total. The highest BCUT2D eigenvalue weighted by molar-refractivity contribution is 6.11. The van der Waals surface area contributed by atoms with Crippen LogP contribution in [-0.4, -0.2) is 30.0 Å². The van der Waals surface area contributed by atoms with E-state index in [1.165, 1.54) is 12.1 Å². The Kier molecular flexibility index (Phi) is 5.64. The van der Waals surface area contributed by atoms with Gasteiger partial charge in [-0.1, -0.05) is 78.9 Å². The number of hydrogen-bond acceptors (Lipinski definition) is 6. The van der Waals surface area contributed by atoms with Crippen LogP contribution in [0.3, 0.4) is 0 Å². The fraction of sp³-hybridized carbons (Fsp3) is 0.190. The van der Waals surface area contributed by atoms with Crippen LogP contribution >= 0.6 is 0 Å². The van der Waals surface area contributed by atoms with Gasteiger partial charge in [0.2, 0.25) is 11.9 Å². The number of anilines is 2. The van der Waals surface area contributed by atoms with E-state index < -0.39 is 0 Å². The molecule has 50 heavy (non-hydrogen) atoms. The fourth-order valence-corrected chi connectivity index (χ4v) is 9.59. The molecule has 242 valence electrons. The zero-order chi connectivity index (χ0) is 33.0. The predicted octanol–water partition coefficient (Wildman–Crippen LogP) is 10.2.